The molecule has 1 aliphatic carbocycles. The van der Waals surface area contributed by atoms with Gasteiger partial charge in [-0.3, -0.25) is 9.59 Å². The number of methoxy groups -OCH3 is 1. The highest BCUT2D eigenvalue weighted by molar-refractivity contribution is 9.10. The van der Waals surface area contributed by atoms with Gasteiger partial charge in [-0.2, -0.15) is 0 Å². The summed E-state index contributed by atoms with van der Waals surface area (Å²) in [6.45, 7) is 0. The van der Waals surface area contributed by atoms with Crippen molar-refractivity contribution < 1.29 is 19.4 Å². The molecule has 1 aliphatic rings. The highest BCUT2D eigenvalue weighted by Gasteiger charge is 2.40. The molecule has 20 heavy (non-hydrogen) atoms. The second-order valence-electron chi connectivity index (χ2n) is 5.00. The number of carboxylic acid groups (broad SMARTS) is 1. The minimum Gasteiger partial charge on any atom is -0.496 e. The summed E-state index contributed by atoms with van der Waals surface area (Å²) in [7, 11) is 1.49. The summed E-state index contributed by atoms with van der Waals surface area (Å²) >= 11 is 3.32. The molecule has 0 atom stereocenters. The molecule has 108 valence electrons. The van der Waals surface area contributed by atoms with Crippen LogP contribution in [0.1, 0.15) is 36.0 Å². The third-order valence-corrected chi connectivity index (χ3v) is 4.08. The molecule has 0 aromatic heterocycles. The van der Waals surface area contributed by atoms with Crippen LogP contribution in [0.4, 0.5) is 0 Å². The van der Waals surface area contributed by atoms with E-state index in [0.717, 1.165) is 10.9 Å². The number of carboxylic acids is 1. The van der Waals surface area contributed by atoms with Gasteiger partial charge in [-0.05, 0) is 37.5 Å². The Labute approximate surface area is 125 Å². The molecule has 1 fully saturated rings. The molecular formula is C14H16BrNO4. The highest BCUT2D eigenvalue weighted by atomic mass is 79.9. The van der Waals surface area contributed by atoms with E-state index in [9.17, 15) is 9.59 Å². The predicted octanol–water partition coefficient (Wildman–Crippen LogP) is 2.58. The number of ether oxygens (including phenoxy) is 1. The molecule has 0 unspecified atom stereocenters. The van der Waals surface area contributed by atoms with Crippen LogP contribution in [0, 0.1) is 0 Å². The third kappa shape index (κ3) is 3.12. The van der Waals surface area contributed by atoms with Gasteiger partial charge in [0.05, 0.1) is 24.6 Å². The van der Waals surface area contributed by atoms with Crippen LogP contribution >= 0.6 is 15.9 Å². The lowest BCUT2D eigenvalue weighted by atomic mass is 9.74. The van der Waals surface area contributed by atoms with Crippen LogP contribution in [-0.2, 0) is 4.79 Å². The van der Waals surface area contributed by atoms with Gasteiger partial charge in [0.2, 0.25) is 0 Å². The molecule has 0 saturated heterocycles. The molecule has 2 rings (SSSR count). The molecule has 2 N–H and O–H groups in total. The first-order chi connectivity index (χ1) is 9.46. The molecule has 1 aromatic carbocycles. The van der Waals surface area contributed by atoms with Crippen LogP contribution < -0.4 is 10.1 Å². The van der Waals surface area contributed by atoms with Gasteiger partial charge in [0.15, 0.2) is 0 Å². The van der Waals surface area contributed by atoms with Crippen LogP contribution in [0.15, 0.2) is 22.7 Å². The molecular weight excluding hydrogens is 326 g/mol. The quantitative estimate of drug-likeness (QED) is 0.862. The Morgan fingerprint density at radius 2 is 2.15 bits per heavy atom. The summed E-state index contributed by atoms with van der Waals surface area (Å²) in [4.78, 5) is 23.2. The summed E-state index contributed by atoms with van der Waals surface area (Å²) in [5, 5.41) is 11.8. The van der Waals surface area contributed by atoms with E-state index in [1.165, 1.54) is 7.11 Å². The van der Waals surface area contributed by atoms with Gasteiger partial charge in [-0.15, -0.1) is 0 Å². The van der Waals surface area contributed by atoms with E-state index < -0.39 is 11.5 Å². The van der Waals surface area contributed by atoms with Crippen molar-refractivity contribution in [3.63, 3.8) is 0 Å². The maximum Gasteiger partial charge on any atom is 0.305 e. The van der Waals surface area contributed by atoms with Crippen LogP contribution in [0.3, 0.4) is 0 Å². The number of hydrogen-bond acceptors (Lipinski definition) is 3. The normalized spacial score (nSPS) is 16.1. The Morgan fingerprint density at radius 1 is 1.45 bits per heavy atom. The summed E-state index contributed by atoms with van der Waals surface area (Å²) in [6.07, 6.45) is 2.29. The van der Waals surface area contributed by atoms with Gasteiger partial charge in [-0.25, -0.2) is 0 Å². The van der Waals surface area contributed by atoms with E-state index in [4.69, 9.17) is 9.84 Å². The predicted molar refractivity (Wildman–Crippen MR) is 77.0 cm³/mol. The zero-order valence-corrected chi connectivity index (χ0v) is 12.7. The van der Waals surface area contributed by atoms with Crippen LogP contribution in [0.25, 0.3) is 0 Å². The number of hydrogen-bond donors (Lipinski definition) is 2. The summed E-state index contributed by atoms with van der Waals surface area (Å²) < 4.78 is 6.00. The Morgan fingerprint density at radius 3 is 2.65 bits per heavy atom. The zero-order valence-electron chi connectivity index (χ0n) is 11.1. The number of nitrogens with one attached hydrogen (secondary N) is 1. The maximum atomic E-state index is 12.3. The van der Waals surface area contributed by atoms with Crippen molar-refractivity contribution in [1.82, 2.24) is 5.32 Å². The minimum atomic E-state index is -0.896. The summed E-state index contributed by atoms with van der Waals surface area (Å²) in [5.41, 5.74) is -0.201. The lowest BCUT2D eigenvalue weighted by Crippen LogP contribution is -2.54. The van der Waals surface area contributed by atoms with E-state index in [2.05, 4.69) is 21.2 Å². The average Bonchev–Trinajstić information content (AvgIpc) is 2.35. The first kappa shape index (κ1) is 14.8. The fourth-order valence-electron chi connectivity index (χ4n) is 2.40. The zero-order chi connectivity index (χ0) is 14.8. The lowest BCUT2D eigenvalue weighted by Gasteiger charge is -2.41. The number of rotatable bonds is 5. The van der Waals surface area contributed by atoms with Gasteiger partial charge >= 0.3 is 5.97 Å². The van der Waals surface area contributed by atoms with E-state index in [1.807, 2.05) is 0 Å². The number of carbonyl (C=O) groups excluding carboxylic acids is 1. The molecule has 0 bridgehead atoms. The van der Waals surface area contributed by atoms with Crippen molar-refractivity contribution in [3.05, 3.63) is 28.2 Å². The van der Waals surface area contributed by atoms with E-state index >= 15 is 0 Å². The van der Waals surface area contributed by atoms with Crippen molar-refractivity contribution in [1.29, 1.82) is 0 Å². The van der Waals surface area contributed by atoms with Crippen LogP contribution in [0.2, 0.25) is 0 Å². The van der Waals surface area contributed by atoms with Crippen molar-refractivity contribution >= 4 is 27.8 Å². The van der Waals surface area contributed by atoms with Crippen LogP contribution in [0.5, 0.6) is 5.75 Å². The minimum absolute atomic E-state index is 0.0441. The summed E-state index contributed by atoms with van der Waals surface area (Å²) in [6, 6.07) is 5.12. The van der Waals surface area contributed by atoms with Crippen molar-refractivity contribution in [2.75, 3.05) is 7.11 Å². The van der Waals surface area contributed by atoms with Gasteiger partial charge in [-0.1, -0.05) is 15.9 Å². The molecule has 1 saturated carbocycles. The number of aliphatic carboxylic acids is 1. The first-order valence-corrected chi connectivity index (χ1v) is 7.13. The number of benzene rings is 1. The number of halogens is 1. The fraction of sp³-hybridized carbons (Fsp3) is 0.429. The van der Waals surface area contributed by atoms with Crippen LogP contribution in [-0.4, -0.2) is 29.6 Å². The Balaban J connectivity index is 2.17. The number of carbonyl (C=O) groups is 2. The van der Waals surface area contributed by atoms with E-state index in [1.54, 1.807) is 18.2 Å². The molecule has 5 nitrogen and oxygen atoms in total. The third-order valence-electron chi connectivity index (χ3n) is 3.59. The SMILES string of the molecule is COc1cc(Br)ccc1C(=O)NC1(CC(=O)O)CCC1. The van der Waals surface area contributed by atoms with Gasteiger partial charge < -0.3 is 15.2 Å². The standard InChI is InChI=1S/C14H16BrNO4/c1-20-11-7-9(15)3-4-10(11)13(19)16-14(5-2-6-14)8-12(17)18/h3-4,7H,2,5-6,8H2,1H3,(H,16,19)(H,17,18). The molecule has 0 radical (unpaired) electrons. The molecule has 1 amide bonds. The van der Waals surface area contributed by atoms with Gasteiger partial charge in [0, 0.05) is 4.47 Å². The second kappa shape index (κ2) is 5.83. The Hall–Kier alpha value is -1.56. The smallest absolute Gasteiger partial charge is 0.305 e. The maximum absolute atomic E-state index is 12.3. The second-order valence-corrected chi connectivity index (χ2v) is 5.92. The molecule has 0 heterocycles. The monoisotopic (exact) mass is 341 g/mol. The summed E-state index contributed by atoms with van der Waals surface area (Å²) in [5.74, 6) is -0.732. The molecule has 0 spiro atoms. The number of amides is 1. The topological polar surface area (TPSA) is 75.6 Å². The Bertz CT molecular complexity index is 540. The van der Waals surface area contributed by atoms with Crippen molar-refractivity contribution in [2.24, 2.45) is 0 Å². The largest absolute Gasteiger partial charge is 0.496 e. The molecule has 0 aliphatic heterocycles. The van der Waals surface area contributed by atoms with Crippen molar-refractivity contribution in [2.45, 2.75) is 31.2 Å². The van der Waals surface area contributed by atoms with Gasteiger partial charge in [0.25, 0.3) is 5.91 Å². The molecule has 6 heteroatoms. The van der Waals surface area contributed by atoms with Crippen molar-refractivity contribution in [3.8, 4) is 5.75 Å². The fourth-order valence-corrected chi connectivity index (χ4v) is 2.74. The first-order valence-electron chi connectivity index (χ1n) is 6.34. The average molecular weight is 342 g/mol. The highest BCUT2D eigenvalue weighted by Crippen LogP contribution is 2.35. The Kier molecular flexibility index (Phi) is 4.32. The molecule has 1 aromatic rings. The van der Waals surface area contributed by atoms with E-state index in [0.29, 0.717) is 24.2 Å². The lowest BCUT2D eigenvalue weighted by molar-refractivity contribution is -0.139. The van der Waals surface area contributed by atoms with E-state index in [-0.39, 0.29) is 12.3 Å². The van der Waals surface area contributed by atoms with Gasteiger partial charge in [0.1, 0.15) is 5.75 Å².